The van der Waals surface area contributed by atoms with E-state index in [0.29, 0.717) is 5.69 Å². The van der Waals surface area contributed by atoms with E-state index in [-0.39, 0.29) is 23.5 Å². The molecule has 1 atom stereocenters. The number of hydrogen-bond acceptors (Lipinski definition) is 3. The molecule has 0 saturated carbocycles. The highest BCUT2D eigenvalue weighted by Crippen LogP contribution is 2.35. The van der Waals surface area contributed by atoms with Crippen molar-refractivity contribution in [2.45, 2.75) is 36.3 Å². The quantitative estimate of drug-likeness (QED) is 0.574. The number of thioether (sulfide) groups is 1. The molecule has 0 unspecified atom stereocenters. The molecule has 0 aromatic heterocycles. The van der Waals surface area contributed by atoms with E-state index in [0.717, 1.165) is 23.1 Å². The Morgan fingerprint density at radius 1 is 0.963 bits per heavy atom. The molecule has 1 fully saturated rings. The van der Waals surface area contributed by atoms with Crippen molar-refractivity contribution in [2.75, 3.05) is 4.90 Å². The van der Waals surface area contributed by atoms with Crippen LogP contribution in [0.15, 0.2) is 71.6 Å². The number of imide groups is 1. The van der Waals surface area contributed by atoms with Gasteiger partial charge in [0.1, 0.15) is 0 Å². The summed E-state index contributed by atoms with van der Waals surface area (Å²) < 4.78 is 0. The van der Waals surface area contributed by atoms with E-state index in [4.69, 9.17) is 0 Å². The van der Waals surface area contributed by atoms with Crippen LogP contribution in [0.3, 0.4) is 0 Å². The molecule has 1 heterocycles. The van der Waals surface area contributed by atoms with Crippen LogP contribution in [-0.4, -0.2) is 17.1 Å². The number of fused-ring (bicyclic) bond motifs is 1. The van der Waals surface area contributed by atoms with Crippen molar-refractivity contribution in [1.82, 2.24) is 0 Å². The molecule has 27 heavy (non-hydrogen) atoms. The fourth-order valence-electron chi connectivity index (χ4n) is 3.47. The topological polar surface area (TPSA) is 37.4 Å². The third-order valence-corrected chi connectivity index (χ3v) is 6.02. The Kier molecular flexibility index (Phi) is 4.99. The van der Waals surface area contributed by atoms with Gasteiger partial charge in [-0.1, -0.05) is 55.8 Å². The van der Waals surface area contributed by atoms with Crippen LogP contribution in [0.25, 0.3) is 10.8 Å². The number of carbonyl (C=O) groups is 2. The molecule has 136 valence electrons. The van der Waals surface area contributed by atoms with Crippen LogP contribution in [0.5, 0.6) is 0 Å². The number of benzene rings is 3. The van der Waals surface area contributed by atoms with Crippen LogP contribution >= 0.6 is 11.8 Å². The van der Waals surface area contributed by atoms with Crippen molar-refractivity contribution >= 4 is 40.0 Å². The zero-order valence-electron chi connectivity index (χ0n) is 15.2. The highest BCUT2D eigenvalue weighted by Gasteiger charge is 2.40. The summed E-state index contributed by atoms with van der Waals surface area (Å²) in [5.41, 5.74) is 1.90. The zero-order valence-corrected chi connectivity index (χ0v) is 16.0. The van der Waals surface area contributed by atoms with E-state index in [1.54, 1.807) is 0 Å². The maximum absolute atomic E-state index is 12.9. The summed E-state index contributed by atoms with van der Waals surface area (Å²) in [4.78, 5) is 27.7. The van der Waals surface area contributed by atoms with Gasteiger partial charge in [0.2, 0.25) is 11.8 Å². The Morgan fingerprint density at radius 2 is 1.70 bits per heavy atom. The molecular formula is C23H21NO2S. The molecule has 4 rings (SSSR count). The molecule has 1 saturated heterocycles. The van der Waals surface area contributed by atoms with Gasteiger partial charge < -0.3 is 0 Å². The summed E-state index contributed by atoms with van der Waals surface area (Å²) in [5, 5.41) is 1.95. The summed E-state index contributed by atoms with van der Waals surface area (Å²) in [7, 11) is 0. The molecule has 0 radical (unpaired) electrons. The van der Waals surface area contributed by atoms with Crippen LogP contribution in [0.4, 0.5) is 5.69 Å². The third kappa shape index (κ3) is 3.62. The molecule has 3 aromatic rings. The van der Waals surface area contributed by atoms with Gasteiger partial charge in [0, 0.05) is 11.3 Å². The second-order valence-corrected chi connectivity index (χ2v) is 8.08. The first-order valence-electron chi connectivity index (χ1n) is 9.27. The van der Waals surface area contributed by atoms with Gasteiger partial charge in [0.25, 0.3) is 0 Å². The van der Waals surface area contributed by atoms with E-state index >= 15 is 0 Å². The summed E-state index contributed by atoms with van der Waals surface area (Å²) in [5.74, 6) is -0.247. The number of anilines is 1. The van der Waals surface area contributed by atoms with E-state index < -0.39 is 0 Å². The molecule has 1 aliphatic rings. The number of nitrogens with zero attached hydrogens (tertiary/aromatic N) is 1. The van der Waals surface area contributed by atoms with Gasteiger partial charge in [-0.15, -0.1) is 11.8 Å². The lowest BCUT2D eigenvalue weighted by atomic mass is 10.1. The predicted molar refractivity (Wildman–Crippen MR) is 111 cm³/mol. The molecule has 2 amide bonds. The van der Waals surface area contributed by atoms with E-state index in [1.807, 2.05) is 42.5 Å². The largest absolute Gasteiger partial charge is 0.274 e. The monoisotopic (exact) mass is 375 g/mol. The van der Waals surface area contributed by atoms with Gasteiger partial charge in [0.15, 0.2) is 0 Å². The lowest BCUT2D eigenvalue weighted by molar-refractivity contribution is -0.121. The lowest BCUT2D eigenvalue weighted by Crippen LogP contribution is -2.31. The Labute approximate surface area is 163 Å². The Bertz CT molecular complexity index is 997. The highest BCUT2D eigenvalue weighted by molar-refractivity contribution is 8.00. The van der Waals surface area contributed by atoms with Crippen LogP contribution in [0.1, 0.15) is 25.3 Å². The fraction of sp³-hybridized carbons (Fsp3) is 0.217. The van der Waals surface area contributed by atoms with Crippen molar-refractivity contribution in [3.05, 3.63) is 72.3 Å². The Hall–Kier alpha value is -2.59. The molecule has 0 N–H and O–H groups in total. The molecule has 0 aliphatic carbocycles. The zero-order chi connectivity index (χ0) is 18.8. The molecule has 1 aliphatic heterocycles. The number of hydrogen-bond donors (Lipinski definition) is 0. The number of aryl methyl sites for hydroxylation is 1. The predicted octanol–water partition coefficient (Wildman–Crippen LogP) is 5.22. The minimum absolute atomic E-state index is 0.124. The second kappa shape index (κ2) is 7.57. The van der Waals surface area contributed by atoms with Crippen molar-refractivity contribution in [2.24, 2.45) is 0 Å². The average Bonchev–Trinajstić information content (AvgIpc) is 2.96. The Morgan fingerprint density at radius 3 is 2.44 bits per heavy atom. The van der Waals surface area contributed by atoms with Crippen molar-refractivity contribution in [3.8, 4) is 0 Å². The van der Waals surface area contributed by atoms with Gasteiger partial charge in [-0.25, -0.2) is 4.90 Å². The SMILES string of the molecule is CCCc1ccc(N2C(=O)C[C@H](Sc3ccc4ccccc4c3)C2=O)cc1. The third-order valence-electron chi connectivity index (χ3n) is 4.84. The van der Waals surface area contributed by atoms with Crippen molar-refractivity contribution < 1.29 is 9.59 Å². The fourth-order valence-corrected chi connectivity index (χ4v) is 4.58. The minimum Gasteiger partial charge on any atom is -0.274 e. The first kappa shape index (κ1) is 17.8. The van der Waals surface area contributed by atoms with E-state index in [9.17, 15) is 9.59 Å². The molecule has 3 nitrogen and oxygen atoms in total. The summed E-state index contributed by atoms with van der Waals surface area (Å²) in [6, 6.07) is 22.1. The van der Waals surface area contributed by atoms with Gasteiger partial charge in [0.05, 0.1) is 10.9 Å². The van der Waals surface area contributed by atoms with Crippen LogP contribution in [0.2, 0.25) is 0 Å². The molecule has 0 spiro atoms. The first-order chi connectivity index (χ1) is 13.2. The smallest absolute Gasteiger partial charge is 0.247 e. The molecule has 3 aromatic carbocycles. The number of amides is 2. The highest BCUT2D eigenvalue weighted by atomic mass is 32.2. The second-order valence-electron chi connectivity index (χ2n) is 6.80. The maximum atomic E-state index is 12.9. The minimum atomic E-state index is -0.367. The van der Waals surface area contributed by atoms with E-state index in [2.05, 4.69) is 31.2 Å². The maximum Gasteiger partial charge on any atom is 0.247 e. The Balaban J connectivity index is 1.53. The van der Waals surface area contributed by atoms with Gasteiger partial charge >= 0.3 is 0 Å². The van der Waals surface area contributed by atoms with E-state index in [1.165, 1.54) is 27.6 Å². The normalized spacial score (nSPS) is 17.1. The average molecular weight is 375 g/mol. The number of carbonyl (C=O) groups excluding carboxylic acids is 2. The van der Waals surface area contributed by atoms with Crippen LogP contribution < -0.4 is 4.90 Å². The molecular weight excluding hydrogens is 354 g/mol. The lowest BCUT2D eigenvalue weighted by Gasteiger charge is -2.15. The van der Waals surface area contributed by atoms with Crippen molar-refractivity contribution in [3.63, 3.8) is 0 Å². The van der Waals surface area contributed by atoms with Gasteiger partial charge in [-0.2, -0.15) is 0 Å². The first-order valence-corrected chi connectivity index (χ1v) is 10.1. The molecule has 0 bridgehead atoms. The summed E-state index contributed by atoms with van der Waals surface area (Å²) in [6.45, 7) is 2.13. The summed E-state index contributed by atoms with van der Waals surface area (Å²) in [6.07, 6.45) is 2.32. The van der Waals surface area contributed by atoms with Crippen LogP contribution in [-0.2, 0) is 16.0 Å². The molecule has 4 heteroatoms. The van der Waals surface area contributed by atoms with Crippen molar-refractivity contribution in [1.29, 1.82) is 0 Å². The van der Waals surface area contributed by atoms with Gasteiger partial charge in [-0.3, -0.25) is 9.59 Å². The van der Waals surface area contributed by atoms with Gasteiger partial charge in [-0.05, 0) is 47.0 Å². The standard InChI is InChI=1S/C23H21NO2S/c1-2-5-16-8-11-19(12-9-16)24-22(25)15-21(23(24)26)27-20-13-10-17-6-3-4-7-18(17)14-20/h3-4,6-14,21H,2,5,15H2,1H3/t21-/m0/s1. The number of rotatable bonds is 5. The summed E-state index contributed by atoms with van der Waals surface area (Å²) >= 11 is 1.48. The van der Waals surface area contributed by atoms with Crippen LogP contribution in [0, 0.1) is 0 Å².